The van der Waals surface area contributed by atoms with Gasteiger partial charge in [-0.3, -0.25) is 0 Å². The Bertz CT molecular complexity index is 1200. The average Bonchev–Trinajstić information content (AvgIpc) is 3.41. The van der Waals surface area contributed by atoms with Crippen LogP contribution in [0.4, 0.5) is 0 Å². The summed E-state index contributed by atoms with van der Waals surface area (Å²) in [5.41, 5.74) is 1.77. The molecule has 0 spiro atoms. The van der Waals surface area contributed by atoms with Crippen LogP contribution < -0.4 is 0 Å². The van der Waals surface area contributed by atoms with Crippen molar-refractivity contribution >= 4 is 45.8 Å². The highest BCUT2D eigenvalue weighted by Crippen LogP contribution is 2.48. The normalized spacial score (nSPS) is 27.2. The minimum atomic E-state index is -1.11. The molecule has 2 aliphatic rings. The average molecular weight is 515 g/mol. The molecule has 0 saturated carbocycles. The van der Waals surface area contributed by atoms with Crippen molar-refractivity contribution in [3.8, 4) is 0 Å². The fourth-order valence-corrected chi connectivity index (χ4v) is 5.17. The summed E-state index contributed by atoms with van der Waals surface area (Å²) in [6.07, 6.45) is -0.154. The molecule has 5 atom stereocenters. The molecule has 11 heteroatoms. The Labute approximate surface area is 205 Å². The maximum absolute atomic E-state index is 11.4. The molecule has 0 radical (unpaired) electrons. The lowest BCUT2D eigenvalue weighted by Gasteiger charge is -2.28. The predicted octanol–water partition coefficient (Wildman–Crippen LogP) is 4.08. The number of aromatic nitrogens is 3. The van der Waals surface area contributed by atoms with Crippen LogP contribution in [0.3, 0.4) is 0 Å². The summed E-state index contributed by atoms with van der Waals surface area (Å²) in [6.45, 7) is 3.52. The third kappa shape index (κ3) is 4.02. The molecule has 0 aliphatic carbocycles. The molecule has 1 aromatic carbocycles. The van der Waals surface area contributed by atoms with Gasteiger partial charge < -0.3 is 29.0 Å². The first kappa shape index (κ1) is 23.3. The third-order valence-electron chi connectivity index (χ3n) is 5.99. The summed E-state index contributed by atoms with van der Waals surface area (Å²) in [4.78, 5) is 8.38. The predicted molar refractivity (Wildman–Crippen MR) is 122 cm³/mol. The molecule has 176 valence electrons. The first-order valence-corrected chi connectivity index (χ1v) is 11.6. The Morgan fingerprint density at radius 1 is 1.12 bits per heavy atom. The molecular weight excluding hydrogens is 493 g/mol. The number of ether oxygens (including phenoxy) is 3. The van der Waals surface area contributed by atoms with Gasteiger partial charge >= 0.3 is 0 Å². The van der Waals surface area contributed by atoms with Crippen molar-refractivity contribution in [2.24, 2.45) is 0 Å². The summed E-state index contributed by atoms with van der Waals surface area (Å²) >= 11 is 18.6. The van der Waals surface area contributed by atoms with E-state index in [9.17, 15) is 10.2 Å². The van der Waals surface area contributed by atoms with Crippen molar-refractivity contribution in [3.63, 3.8) is 0 Å². The van der Waals surface area contributed by atoms with Gasteiger partial charge in [-0.1, -0.05) is 34.8 Å². The Morgan fingerprint density at radius 2 is 1.85 bits per heavy atom. The summed E-state index contributed by atoms with van der Waals surface area (Å²) in [6, 6.07) is 5.06. The second kappa shape index (κ2) is 8.62. The maximum Gasteiger partial charge on any atom is 0.164 e. The molecule has 0 amide bonds. The van der Waals surface area contributed by atoms with Gasteiger partial charge in [0, 0.05) is 12.8 Å². The molecule has 4 heterocycles. The number of fused-ring (bicyclic) bond motifs is 2. The molecule has 2 saturated heterocycles. The number of aliphatic hydroxyl groups excluding tert-OH is 2. The maximum atomic E-state index is 11.4. The smallest absolute Gasteiger partial charge is 0.164 e. The summed E-state index contributed by atoms with van der Waals surface area (Å²) in [5.74, 6) is -0.878. The van der Waals surface area contributed by atoms with E-state index < -0.39 is 36.4 Å². The second-order valence-electron chi connectivity index (χ2n) is 8.56. The number of hydrogen-bond acceptors (Lipinski definition) is 7. The Hall–Kier alpha value is -1.49. The largest absolute Gasteiger partial charge is 0.396 e. The highest BCUT2D eigenvalue weighted by Gasteiger charge is 2.58. The van der Waals surface area contributed by atoms with Crippen molar-refractivity contribution < 1.29 is 24.4 Å². The number of nitrogens with zero attached hydrogens (tertiary/aromatic N) is 3. The van der Waals surface area contributed by atoms with E-state index in [4.69, 9.17) is 49.0 Å². The molecule has 1 unspecified atom stereocenters. The first-order valence-electron chi connectivity index (χ1n) is 10.4. The first-order chi connectivity index (χ1) is 15.7. The van der Waals surface area contributed by atoms with Gasteiger partial charge in [-0.25, -0.2) is 9.97 Å². The fraction of sp³-hybridized carbons (Fsp3) is 0.455. The molecule has 2 aliphatic heterocycles. The van der Waals surface area contributed by atoms with E-state index in [2.05, 4.69) is 9.97 Å². The van der Waals surface area contributed by atoms with Gasteiger partial charge in [-0.2, -0.15) is 0 Å². The van der Waals surface area contributed by atoms with Crippen LogP contribution in [-0.4, -0.2) is 55.5 Å². The van der Waals surface area contributed by atoms with Crippen molar-refractivity contribution in [2.75, 3.05) is 6.61 Å². The molecule has 2 aromatic heterocycles. The second-order valence-corrected chi connectivity index (χ2v) is 9.74. The molecule has 3 aromatic rings. The minimum Gasteiger partial charge on any atom is -0.396 e. The zero-order chi connectivity index (χ0) is 23.5. The number of benzene rings is 1. The van der Waals surface area contributed by atoms with Gasteiger partial charge in [-0.05, 0) is 49.6 Å². The molecule has 2 N–H and O–H groups in total. The number of halogens is 3. The van der Waals surface area contributed by atoms with Gasteiger partial charge in [0.1, 0.15) is 41.5 Å². The van der Waals surface area contributed by atoms with Gasteiger partial charge in [-0.15, -0.1) is 0 Å². The molecule has 0 bridgehead atoms. The summed E-state index contributed by atoms with van der Waals surface area (Å²) in [5, 5.41) is 22.6. The van der Waals surface area contributed by atoms with E-state index in [1.165, 1.54) is 6.33 Å². The summed E-state index contributed by atoms with van der Waals surface area (Å²) < 4.78 is 20.5. The Kier molecular flexibility index (Phi) is 6.08. The van der Waals surface area contributed by atoms with Gasteiger partial charge in [0.05, 0.1) is 15.4 Å². The van der Waals surface area contributed by atoms with Gasteiger partial charge in [0.25, 0.3) is 0 Å². The van der Waals surface area contributed by atoms with Crippen molar-refractivity contribution in [1.82, 2.24) is 14.5 Å². The van der Waals surface area contributed by atoms with Crippen LogP contribution in [0.5, 0.6) is 0 Å². The lowest BCUT2D eigenvalue weighted by atomic mass is 9.94. The minimum absolute atomic E-state index is 0.111. The van der Waals surface area contributed by atoms with Gasteiger partial charge in [0.2, 0.25) is 0 Å². The van der Waals surface area contributed by atoms with Crippen LogP contribution in [0.15, 0.2) is 30.7 Å². The van der Waals surface area contributed by atoms with E-state index in [0.717, 1.165) is 0 Å². The molecule has 8 nitrogen and oxygen atoms in total. The van der Waals surface area contributed by atoms with Crippen molar-refractivity contribution in [3.05, 3.63) is 57.0 Å². The number of rotatable bonds is 5. The van der Waals surface area contributed by atoms with Crippen LogP contribution >= 0.6 is 34.8 Å². The highest BCUT2D eigenvalue weighted by molar-refractivity contribution is 6.42. The lowest BCUT2D eigenvalue weighted by molar-refractivity contribution is -0.207. The topological polar surface area (TPSA) is 98.9 Å². The van der Waals surface area contributed by atoms with E-state index in [1.54, 1.807) is 24.4 Å². The number of aliphatic hydroxyl groups is 2. The Balaban J connectivity index is 1.55. The van der Waals surface area contributed by atoms with Gasteiger partial charge in [0.15, 0.2) is 12.0 Å². The fourth-order valence-electron chi connectivity index (χ4n) is 4.62. The standard InChI is InChI=1S/C22H22Cl3N3O5/c1-22(2)32-17-16(15(30)12-8-14(24)13(23)7-10(12)4-6-29)31-21(18(17)33-22)28-5-3-11-19(25)26-9-27-20(11)28/h3,5,7-9,15-18,21,29-30H,4,6H2,1-2H3/t15?,16-,17-,18-,21-/m1/s1. The number of hydrogen-bond donors (Lipinski definition) is 2. The van der Waals surface area contributed by atoms with E-state index in [-0.39, 0.29) is 6.61 Å². The quantitative estimate of drug-likeness (QED) is 0.495. The molecular formula is C22H22Cl3N3O5. The SMILES string of the molecule is CC1(C)O[C@@H]2[C@H](O1)[C@@H](C(O)c1cc(Cl)c(Cl)cc1CCO)O[C@H]2n1ccc2c(Cl)ncnc21. The highest BCUT2D eigenvalue weighted by atomic mass is 35.5. The molecule has 33 heavy (non-hydrogen) atoms. The monoisotopic (exact) mass is 513 g/mol. The van der Waals surface area contributed by atoms with Crippen LogP contribution in [0.2, 0.25) is 15.2 Å². The van der Waals surface area contributed by atoms with E-state index in [0.29, 0.717) is 43.8 Å². The molecule has 2 fully saturated rings. The van der Waals surface area contributed by atoms with Crippen LogP contribution in [0, 0.1) is 0 Å². The van der Waals surface area contributed by atoms with Crippen LogP contribution in [0.1, 0.15) is 37.3 Å². The van der Waals surface area contributed by atoms with E-state index >= 15 is 0 Å². The van der Waals surface area contributed by atoms with E-state index in [1.807, 2.05) is 18.4 Å². The third-order valence-corrected chi connectivity index (χ3v) is 7.02. The Morgan fingerprint density at radius 3 is 2.61 bits per heavy atom. The van der Waals surface area contributed by atoms with Crippen molar-refractivity contribution in [2.45, 2.75) is 56.7 Å². The molecule has 5 rings (SSSR count). The van der Waals surface area contributed by atoms with Crippen LogP contribution in [0.25, 0.3) is 11.0 Å². The zero-order valence-electron chi connectivity index (χ0n) is 17.8. The van der Waals surface area contributed by atoms with Crippen LogP contribution in [-0.2, 0) is 20.6 Å². The van der Waals surface area contributed by atoms with Crippen molar-refractivity contribution in [1.29, 1.82) is 0 Å². The lowest BCUT2D eigenvalue weighted by Crippen LogP contribution is -2.34. The summed E-state index contributed by atoms with van der Waals surface area (Å²) in [7, 11) is 0. The zero-order valence-corrected chi connectivity index (χ0v) is 20.1.